The predicted octanol–water partition coefficient (Wildman–Crippen LogP) is 2.38. The van der Waals surface area contributed by atoms with Gasteiger partial charge >= 0.3 is 0 Å². The van der Waals surface area contributed by atoms with Crippen molar-refractivity contribution in [2.45, 2.75) is 57.4 Å². The summed E-state index contributed by atoms with van der Waals surface area (Å²) in [4.78, 5) is 2.49. The molecule has 0 heterocycles. The SMILES string of the molecule is COc1cc(C)c(S(=O)(=O)N[C@H]2CCC[C@@H](CN(C)CCO)C2)c(C)c1C. The first kappa shape index (κ1) is 22.1. The average Bonchev–Trinajstić information content (AvgIpc) is 2.58. The highest BCUT2D eigenvalue weighted by atomic mass is 32.2. The molecule has 0 radical (unpaired) electrons. The molecular weight excluding hydrogens is 364 g/mol. The summed E-state index contributed by atoms with van der Waals surface area (Å²) in [7, 11) is 0.00768. The van der Waals surface area contributed by atoms with Gasteiger partial charge in [-0.15, -0.1) is 0 Å². The van der Waals surface area contributed by atoms with Crippen LogP contribution in [0.5, 0.6) is 5.75 Å². The molecule has 0 unspecified atom stereocenters. The fraction of sp³-hybridized carbons (Fsp3) is 0.700. The lowest BCUT2D eigenvalue weighted by atomic mass is 9.86. The highest BCUT2D eigenvalue weighted by molar-refractivity contribution is 7.89. The standard InChI is InChI=1S/C20H34N2O4S/c1-14-11-19(26-5)15(2)16(3)20(14)27(24,25)21-18-8-6-7-17(12-18)13-22(4)9-10-23/h11,17-18,21,23H,6-10,12-13H2,1-5H3/t17-,18+/m1/s1. The van der Waals surface area contributed by atoms with Gasteiger partial charge in [0.05, 0.1) is 18.6 Å². The Morgan fingerprint density at radius 3 is 2.59 bits per heavy atom. The van der Waals surface area contributed by atoms with Gasteiger partial charge < -0.3 is 14.7 Å². The number of nitrogens with zero attached hydrogens (tertiary/aromatic N) is 1. The molecule has 7 heteroatoms. The van der Waals surface area contributed by atoms with E-state index in [9.17, 15) is 8.42 Å². The fourth-order valence-corrected chi connectivity index (χ4v) is 6.00. The van der Waals surface area contributed by atoms with E-state index in [0.29, 0.717) is 28.7 Å². The molecule has 2 atom stereocenters. The van der Waals surface area contributed by atoms with Gasteiger partial charge in [0, 0.05) is 19.1 Å². The molecule has 2 N–H and O–H groups in total. The highest BCUT2D eigenvalue weighted by Gasteiger charge is 2.29. The Balaban J connectivity index is 2.15. The lowest BCUT2D eigenvalue weighted by Gasteiger charge is -2.32. The van der Waals surface area contributed by atoms with Crippen LogP contribution in [0, 0.1) is 26.7 Å². The van der Waals surface area contributed by atoms with E-state index in [2.05, 4.69) is 9.62 Å². The van der Waals surface area contributed by atoms with Crippen LogP contribution in [0.3, 0.4) is 0 Å². The molecular formula is C20H34N2O4S. The van der Waals surface area contributed by atoms with Crippen molar-refractivity contribution in [1.29, 1.82) is 0 Å². The van der Waals surface area contributed by atoms with E-state index < -0.39 is 10.0 Å². The van der Waals surface area contributed by atoms with Crippen molar-refractivity contribution in [2.24, 2.45) is 5.92 Å². The van der Waals surface area contributed by atoms with E-state index in [1.165, 1.54) is 0 Å². The minimum atomic E-state index is -3.59. The molecule has 0 amide bonds. The third kappa shape index (κ3) is 5.44. The third-order valence-corrected chi connectivity index (χ3v) is 7.43. The largest absolute Gasteiger partial charge is 0.496 e. The monoisotopic (exact) mass is 398 g/mol. The third-order valence-electron chi connectivity index (χ3n) is 5.62. The smallest absolute Gasteiger partial charge is 0.241 e. The summed E-state index contributed by atoms with van der Waals surface area (Å²) in [5, 5.41) is 9.07. The molecule has 6 nitrogen and oxygen atoms in total. The molecule has 1 aromatic rings. The molecule has 2 rings (SSSR count). The van der Waals surface area contributed by atoms with Gasteiger partial charge in [-0.3, -0.25) is 0 Å². The highest BCUT2D eigenvalue weighted by Crippen LogP contribution is 2.32. The zero-order chi connectivity index (χ0) is 20.2. The van der Waals surface area contributed by atoms with Crippen LogP contribution in [0.2, 0.25) is 0 Å². The summed E-state index contributed by atoms with van der Waals surface area (Å²) in [5.74, 6) is 1.16. The lowest BCUT2D eigenvalue weighted by molar-refractivity contribution is 0.178. The predicted molar refractivity (Wildman–Crippen MR) is 108 cm³/mol. The van der Waals surface area contributed by atoms with E-state index in [0.717, 1.165) is 43.4 Å². The van der Waals surface area contributed by atoms with Crippen molar-refractivity contribution in [3.63, 3.8) is 0 Å². The first-order valence-electron chi connectivity index (χ1n) is 9.66. The summed E-state index contributed by atoms with van der Waals surface area (Å²) in [6.45, 7) is 7.23. The second kappa shape index (κ2) is 9.37. The van der Waals surface area contributed by atoms with Crippen LogP contribution < -0.4 is 9.46 Å². The number of likely N-dealkylation sites (N-methyl/N-ethyl adjacent to an activating group) is 1. The Morgan fingerprint density at radius 2 is 1.96 bits per heavy atom. The second-order valence-corrected chi connectivity index (χ2v) is 9.46. The van der Waals surface area contributed by atoms with Gasteiger partial charge in [-0.2, -0.15) is 0 Å². The maximum Gasteiger partial charge on any atom is 0.241 e. The number of aliphatic hydroxyl groups excluding tert-OH is 1. The van der Waals surface area contributed by atoms with Crippen molar-refractivity contribution < 1.29 is 18.3 Å². The minimum Gasteiger partial charge on any atom is -0.496 e. The topological polar surface area (TPSA) is 78.9 Å². The van der Waals surface area contributed by atoms with Crippen LogP contribution in [-0.2, 0) is 10.0 Å². The van der Waals surface area contributed by atoms with Gasteiger partial charge in [0.2, 0.25) is 10.0 Å². The summed E-state index contributed by atoms with van der Waals surface area (Å²) >= 11 is 0. The van der Waals surface area contributed by atoms with E-state index in [1.807, 2.05) is 27.8 Å². The van der Waals surface area contributed by atoms with Crippen molar-refractivity contribution in [1.82, 2.24) is 9.62 Å². The molecule has 27 heavy (non-hydrogen) atoms. The van der Waals surface area contributed by atoms with Crippen LogP contribution in [0.1, 0.15) is 42.4 Å². The second-order valence-electron chi connectivity index (χ2n) is 7.81. The van der Waals surface area contributed by atoms with Gasteiger partial charge in [-0.05, 0) is 75.8 Å². The average molecular weight is 399 g/mol. The van der Waals surface area contributed by atoms with Crippen LogP contribution in [0.15, 0.2) is 11.0 Å². The molecule has 1 saturated carbocycles. The molecule has 154 valence electrons. The normalized spacial score (nSPS) is 20.9. The number of ether oxygens (including phenoxy) is 1. The number of rotatable bonds is 8. The molecule has 0 saturated heterocycles. The first-order valence-corrected chi connectivity index (χ1v) is 11.1. The number of hydrogen-bond acceptors (Lipinski definition) is 5. The number of sulfonamides is 1. The maximum absolute atomic E-state index is 13.1. The van der Waals surface area contributed by atoms with E-state index in [-0.39, 0.29) is 12.6 Å². The summed E-state index contributed by atoms with van der Waals surface area (Å²) in [6, 6.07) is 1.75. The first-order chi connectivity index (χ1) is 12.7. The van der Waals surface area contributed by atoms with Crippen LogP contribution >= 0.6 is 0 Å². The Labute approximate surface area is 164 Å². The Kier molecular flexibility index (Phi) is 7.68. The number of aryl methyl sites for hydroxylation is 1. The van der Waals surface area contributed by atoms with E-state index >= 15 is 0 Å². The molecule has 0 aromatic heterocycles. The van der Waals surface area contributed by atoms with Gasteiger partial charge in [-0.1, -0.05) is 6.42 Å². The number of benzene rings is 1. The van der Waals surface area contributed by atoms with Crippen LogP contribution in [0.25, 0.3) is 0 Å². The van der Waals surface area contributed by atoms with Crippen LogP contribution in [0.4, 0.5) is 0 Å². The van der Waals surface area contributed by atoms with E-state index in [4.69, 9.17) is 9.84 Å². The Bertz CT molecular complexity index is 749. The van der Waals surface area contributed by atoms with Crippen molar-refractivity contribution in [3.05, 3.63) is 22.8 Å². The number of methoxy groups -OCH3 is 1. The number of aliphatic hydroxyl groups is 1. The van der Waals surface area contributed by atoms with Crippen molar-refractivity contribution >= 4 is 10.0 Å². The van der Waals surface area contributed by atoms with Crippen molar-refractivity contribution in [2.75, 3.05) is 33.9 Å². The molecule has 0 aliphatic heterocycles. The summed E-state index contributed by atoms with van der Waals surface area (Å²) in [6.07, 6.45) is 3.83. The summed E-state index contributed by atoms with van der Waals surface area (Å²) < 4.78 is 34.6. The van der Waals surface area contributed by atoms with Gasteiger partial charge in [-0.25, -0.2) is 13.1 Å². The summed E-state index contributed by atoms with van der Waals surface area (Å²) in [5.41, 5.74) is 2.31. The number of hydrogen-bond donors (Lipinski definition) is 2. The van der Waals surface area contributed by atoms with Gasteiger partial charge in [0.15, 0.2) is 0 Å². The zero-order valence-corrected chi connectivity index (χ0v) is 18.0. The zero-order valence-electron chi connectivity index (χ0n) is 17.2. The Morgan fingerprint density at radius 1 is 1.26 bits per heavy atom. The Hall–Kier alpha value is -1.15. The maximum atomic E-state index is 13.1. The molecule has 0 spiro atoms. The molecule has 1 aromatic carbocycles. The molecule has 1 aliphatic rings. The lowest BCUT2D eigenvalue weighted by Crippen LogP contribution is -2.41. The van der Waals surface area contributed by atoms with Crippen molar-refractivity contribution in [3.8, 4) is 5.75 Å². The molecule has 1 fully saturated rings. The fourth-order valence-electron chi connectivity index (χ4n) is 4.19. The minimum absolute atomic E-state index is 0.0440. The van der Waals surface area contributed by atoms with Crippen LogP contribution in [-0.4, -0.2) is 58.3 Å². The molecule has 0 bridgehead atoms. The quantitative estimate of drug-likeness (QED) is 0.703. The van der Waals surface area contributed by atoms with Gasteiger partial charge in [0.1, 0.15) is 5.75 Å². The number of nitrogens with one attached hydrogen (secondary N) is 1. The van der Waals surface area contributed by atoms with E-state index in [1.54, 1.807) is 13.2 Å². The van der Waals surface area contributed by atoms with Gasteiger partial charge in [0.25, 0.3) is 0 Å². The molecule has 1 aliphatic carbocycles.